The van der Waals surface area contributed by atoms with Crippen LogP contribution in [0.1, 0.15) is 111 Å². The molecule has 6 nitrogen and oxygen atoms in total. The van der Waals surface area contributed by atoms with E-state index in [0.717, 1.165) is 48.7 Å². The third kappa shape index (κ3) is 4.52. The minimum Gasteiger partial charge on any atom is -0.459 e. The van der Waals surface area contributed by atoms with Crippen LogP contribution in [-0.4, -0.2) is 32.2 Å². The van der Waals surface area contributed by atoms with Crippen LogP contribution in [0.5, 0.6) is 0 Å². The van der Waals surface area contributed by atoms with Crippen molar-refractivity contribution in [1.29, 1.82) is 0 Å². The number of aliphatic hydroxyl groups excluding tert-OH is 1. The molecule has 5 aliphatic rings. The van der Waals surface area contributed by atoms with Gasteiger partial charge in [-0.25, -0.2) is 4.68 Å². The average Bonchev–Trinajstić information content (AvgIpc) is 3.65. The second kappa shape index (κ2) is 11.0. The Kier molecular flexibility index (Phi) is 7.80. The topological polar surface area (TPSA) is 77.2 Å². The van der Waals surface area contributed by atoms with E-state index in [1.165, 1.54) is 31.3 Å². The smallest absolute Gasteiger partial charge is 0.312 e. The van der Waals surface area contributed by atoms with Crippen LogP contribution < -0.4 is 0 Å². The van der Waals surface area contributed by atoms with Gasteiger partial charge in [-0.2, -0.15) is 0 Å². The predicted octanol–water partition coefficient (Wildman–Crippen LogP) is 9.09. The zero-order valence-corrected chi connectivity index (χ0v) is 30.4. The average molecular weight is 693 g/mol. The number of fused-ring (bicyclic) bond motifs is 7. The Morgan fingerprint density at radius 3 is 2.41 bits per heavy atom. The van der Waals surface area contributed by atoms with Crippen molar-refractivity contribution >= 4 is 21.9 Å². The lowest BCUT2D eigenvalue weighted by Crippen LogP contribution is -2.67. The van der Waals surface area contributed by atoms with Crippen molar-refractivity contribution in [3.63, 3.8) is 0 Å². The Bertz CT molecular complexity index is 1520. The molecule has 250 valence electrons. The maximum atomic E-state index is 14.4. The van der Waals surface area contributed by atoms with E-state index in [9.17, 15) is 9.90 Å². The number of ether oxygens (including phenoxy) is 1. The van der Waals surface area contributed by atoms with E-state index in [1.54, 1.807) is 4.68 Å². The summed E-state index contributed by atoms with van der Waals surface area (Å²) in [6.45, 7) is 19.3. The fourth-order valence-electron chi connectivity index (χ4n) is 12.9. The third-order valence-electron chi connectivity index (χ3n) is 15.4. The Morgan fingerprint density at radius 2 is 1.70 bits per heavy atom. The van der Waals surface area contributed by atoms with E-state index in [-0.39, 0.29) is 46.3 Å². The van der Waals surface area contributed by atoms with E-state index in [1.807, 2.05) is 30.5 Å². The molecule has 10 atom stereocenters. The molecule has 0 unspecified atom stereocenters. The lowest BCUT2D eigenvalue weighted by Gasteiger charge is -2.72. The normalized spacial score (nSPS) is 42.7. The summed E-state index contributed by atoms with van der Waals surface area (Å²) in [6, 6.07) is 7.91. The number of aromatic nitrogens is 3. The molecule has 0 radical (unpaired) electrons. The van der Waals surface area contributed by atoms with Gasteiger partial charge in [0.25, 0.3) is 0 Å². The Labute approximate surface area is 284 Å². The predicted molar refractivity (Wildman–Crippen MR) is 184 cm³/mol. The minimum atomic E-state index is -0.462. The van der Waals surface area contributed by atoms with Crippen LogP contribution in [0, 0.1) is 56.7 Å². The molecule has 0 saturated heterocycles. The first-order chi connectivity index (χ1) is 21.7. The molecule has 1 N–H and O–H groups in total. The van der Waals surface area contributed by atoms with Crippen LogP contribution in [-0.2, 0) is 16.1 Å². The van der Waals surface area contributed by atoms with Crippen molar-refractivity contribution in [3.8, 4) is 5.69 Å². The fourth-order valence-corrected chi connectivity index (χ4v) is 13.1. The van der Waals surface area contributed by atoms with Gasteiger partial charge in [0.05, 0.1) is 23.4 Å². The molecule has 0 amide bonds. The number of hydrogen-bond acceptors (Lipinski definition) is 5. The molecule has 1 aromatic heterocycles. The van der Waals surface area contributed by atoms with E-state index in [2.05, 4.69) is 74.4 Å². The quantitative estimate of drug-likeness (QED) is 0.250. The van der Waals surface area contributed by atoms with Crippen molar-refractivity contribution in [2.45, 2.75) is 118 Å². The van der Waals surface area contributed by atoms with E-state index < -0.39 is 5.41 Å². The summed E-state index contributed by atoms with van der Waals surface area (Å²) >= 11 is 3.49. The number of aliphatic hydroxyl groups is 1. The fraction of sp³-hybridized carbons (Fsp3) is 0.718. The Morgan fingerprint density at radius 1 is 0.957 bits per heavy atom. The van der Waals surface area contributed by atoms with Crippen LogP contribution in [0.15, 0.2) is 47.1 Å². The second-order valence-corrected chi connectivity index (χ2v) is 18.3. The van der Waals surface area contributed by atoms with Gasteiger partial charge in [0, 0.05) is 4.47 Å². The van der Waals surface area contributed by atoms with Crippen LogP contribution >= 0.6 is 15.9 Å². The number of carbonyl (C=O) groups excluding carboxylic acids is 1. The van der Waals surface area contributed by atoms with Crippen LogP contribution in [0.25, 0.3) is 5.69 Å². The summed E-state index contributed by atoms with van der Waals surface area (Å²) in [6.07, 6.45) is 12.4. The SMILES string of the molecule is C=C(C)[C@@H]1CC[C@]2(C(=O)OCc3cn(-c4ccc(Br)cc4)nn3)CC[C@]3(C)[C@H](CC[C@@H]4[C@@]5(C)CC[C@H](O)C(C)(C)[C@@H]5CC[C@]43C)[C@@H]12. The van der Waals surface area contributed by atoms with Gasteiger partial charge in [-0.05, 0) is 147 Å². The molecule has 7 heteroatoms. The van der Waals surface area contributed by atoms with Crippen molar-refractivity contribution in [3.05, 3.63) is 52.8 Å². The molecule has 5 saturated carbocycles. The first kappa shape index (κ1) is 32.6. The number of allylic oxidation sites excluding steroid dienone is 1. The van der Waals surface area contributed by atoms with Gasteiger partial charge < -0.3 is 9.84 Å². The summed E-state index contributed by atoms with van der Waals surface area (Å²) in [5.74, 6) is 2.25. The molecular weight excluding hydrogens is 638 g/mol. The van der Waals surface area contributed by atoms with Crippen LogP contribution in [0.3, 0.4) is 0 Å². The maximum Gasteiger partial charge on any atom is 0.312 e. The minimum absolute atomic E-state index is 0.0348. The largest absolute Gasteiger partial charge is 0.459 e. The summed E-state index contributed by atoms with van der Waals surface area (Å²) in [5, 5.41) is 19.7. The molecule has 1 aromatic carbocycles. The van der Waals surface area contributed by atoms with Crippen LogP contribution in [0.2, 0.25) is 0 Å². The molecule has 2 aromatic rings. The zero-order chi connectivity index (χ0) is 32.9. The monoisotopic (exact) mass is 691 g/mol. The Balaban J connectivity index is 1.15. The number of halogens is 1. The molecule has 0 aliphatic heterocycles. The Hall–Kier alpha value is -1.99. The van der Waals surface area contributed by atoms with Gasteiger partial charge in [0.2, 0.25) is 0 Å². The first-order valence-electron chi connectivity index (χ1n) is 17.9. The highest BCUT2D eigenvalue weighted by Gasteiger charge is 2.72. The van der Waals surface area contributed by atoms with Crippen molar-refractivity contribution in [2.75, 3.05) is 0 Å². The van der Waals surface area contributed by atoms with Gasteiger partial charge in [0.1, 0.15) is 12.3 Å². The van der Waals surface area contributed by atoms with Crippen molar-refractivity contribution in [1.82, 2.24) is 15.0 Å². The molecule has 0 bridgehead atoms. The van der Waals surface area contributed by atoms with E-state index >= 15 is 0 Å². The molecule has 1 heterocycles. The highest BCUT2D eigenvalue weighted by molar-refractivity contribution is 9.10. The summed E-state index contributed by atoms with van der Waals surface area (Å²) in [5.41, 5.74) is 2.92. The van der Waals surface area contributed by atoms with Crippen molar-refractivity contribution < 1.29 is 14.6 Å². The van der Waals surface area contributed by atoms with E-state index in [4.69, 9.17) is 4.74 Å². The van der Waals surface area contributed by atoms with Crippen molar-refractivity contribution in [2.24, 2.45) is 56.7 Å². The standard InChI is InChI=1S/C39H54BrN3O3/c1-24(2)28-14-19-39(34(45)46-23-26-22-43(42-41-26)27-10-8-25(40)9-11-27)21-20-37(6)29(33(28)39)12-13-31-36(5)17-16-32(44)35(3,4)30(36)15-18-38(31,37)7/h8-11,22,28-33,44H,1,12-21,23H2,2-7H3/t28-,29+,30-,31+,32-,33+,36-,37+,38+,39-/m0/s1. The summed E-state index contributed by atoms with van der Waals surface area (Å²) in [7, 11) is 0. The van der Waals surface area contributed by atoms with Gasteiger partial charge in [-0.3, -0.25) is 4.79 Å². The van der Waals surface area contributed by atoms with E-state index in [0.29, 0.717) is 29.4 Å². The number of hydrogen-bond donors (Lipinski definition) is 1. The molecule has 5 aliphatic carbocycles. The molecule has 7 rings (SSSR count). The highest BCUT2D eigenvalue weighted by atomic mass is 79.9. The van der Waals surface area contributed by atoms with Crippen LogP contribution in [0.4, 0.5) is 0 Å². The lowest BCUT2D eigenvalue weighted by molar-refractivity contribution is -0.248. The molecule has 5 fully saturated rings. The lowest BCUT2D eigenvalue weighted by atomic mass is 9.32. The first-order valence-corrected chi connectivity index (χ1v) is 18.6. The molecular formula is C39H54BrN3O3. The second-order valence-electron chi connectivity index (χ2n) is 17.4. The third-order valence-corrected chi connectivity index (χ3v) is 16.0. The van der Waals surface area contributed by atoms with Gasteiger partial charge >= 0.3 is 5.97 Å². The summed E-state index contributed by atoms with van der Waals surface area (Å²) < 4.78 is 8.96. The number of benzene rings is 1. The molecule has 0 spiro atoms. The zero-order valence-electron chi connectivity index (χ0n) is 28.8. The van der Waals surface area contributed by atoms with Gasteiger partial charge in [-0.15, -0.1) is 5.10 Å². The molecule has 46 heavy (non-hydrogen) atoms. The van der Waals surface area contributed by atoms with Gasteiger partial charge in [0.15, 0.2) is 0 Å². The maximum absolute atomic E-state index is 14.4. The number of esters is 1. The number of carbonyl (C=O) groups is 1. The number of nitrogens with zero attached hydrogens (tertiary/aromatic N) is 3. The van der Waals surface area contributed by atoms with Gasteiger partial charge in [-0.1, -0.05) is 67.9 Å². The summed E-state index contributed by atoms with van der Waals surface area (Å²) in [4.78, 5) is 14.4. The highest BCUT2D eigenvalue weighted by Crippen LogP contribution is 2.77. The number of rotatable bonds is 5.